The van der Waals surface area contributed by atoms with Gasteiger partial charge >= 0.3 is 0 Å². The van der Waals surface area contributed by atoms with E-state index in [1.807, 2.05) is 0 Å². The summed E-state index contributed by atoms with van der Waals surface area (Å²) in [5.41, 5.74) is 5.91. The predicted molar refractivity (Wildman–Crippen MR) is 47.5 cm³/mol. The fourth-order valence-corrected chi connectivity index (χ4v) is 1.42. The largest absolute Gasteiger partial charge is 0.394 e. The molecule has 0 radical (unpaired) electrons. The maximum Gasteiger partial charge on any atom is 0.262 e. The minimum Gasteiger partial charge on any atom is -0.394 e. The first-order valence-corrected chi connectivity index (χ1v) is 4.32. The lowest BCUT2D eigenvalue weighted by molar-refractivity contribution is -0.252. The summed E-state index contributed by atoms with van der Waals surface area (Å²) in [4.78, 5) is 2.32. The molecule has 0 bridgehead atoms. The van der Waals surface area contributed by atoms with E-state index in [2.05, 4.69) is 10.0 Å². The van der Waals surface area contributed by atoms with Crippen LogP contribution in [-0.4, -0.2) is 57.2 Å². The molecule has 1 aliphatic heterocycles. The summed E-state index contributed by atoms with van der Waals surface area (Å²) in [7, 11) is 0. The molecule has 1 fully saturated rings. The van der Waals surface area contributed by atoms with Gasteiger partial charge in [0, 0.05) is 4.91 Å². The van der Waals surface area contributed by atoms with Gasteiger partial charge in [0.25, 0.3) is 5.72 Å². The first-order chi connectivity index (χ1) is 7.52. The SMILES string of the molecule is N#C[C@@]1(N=[N+]=[N-])O[C@H](CO)[C@H](O)[C@H](O)[C@H]1O. The van der Waals surface area contributed by atoms with Crippen molar-refractivity contribution in [2.75, 3.05) is 6.61 Å². The maximum atomic E-state index is 9.50. The quantitative estimate of drug-likeness (QED) is 0.243. The highest BCUT2D eigenvalue weighted by Crippen LogP contribution is 2.30. The van der Waals surface area contributed by atoms with E-state index in [1.54, 1.807) is 0 Å². The number of aliphatic hydroxyl groups excluding tert-OH is 4. The van der Waals surface area contributed by atoms with E-state index in [1.165, 1.54) is 6.07 Å². The molecule has 0 aromatic carbocycles. The van der Waals surface area contributed by atoms with Gasteiger partial charge in [-0.1, -0.05) is 0 Å². The second-order valence-corrected chi connectivity index (χ2v) is 3.26. The third-order valence-corrected chi connectivity index (χ3v) is 2.32. The monoisotopic (exact) mass is 230 g/mol. The van der Waals surface area contributed by atoms with Crippen LogP contribution < -0.4 is 0 Å². The van der Waals surface area contributed by atoms with Crippen LogP contribution in [0.3, 0.4) is 0 Å². The van der Waals surface area contributed by atoms with E-state index >= 15 is 0 Å². The summed E-state index contributed by atoms with van der Waals surface area (Å²) < 4.78 is 4.82. The zero-order chi connectivity index (χ0) is 12.3. The van der Waals surface area contributed by atoms with Crippen LogP contribution in [0.5, 0.6) is 0 Å². The van der Waals surface area contributed by atoms with Gasteiger partial charge in [-0.15, -0.1) is 0 Å². The van der Waals surface area contributed by atoms with Crippen molar-refractivity contribution in [1.29, 1.82) is 5.26 Å². The predicted octanol–water partition coefficient (Wildman–Crippen LogP) is -2.01. The molecule has 4 N–H and O–H groups in total. The molecule has 9 nitrogen and oxygen atoms in total. The molecule has 0 amide bonds. The molecule has 16 heavy (non-hydrogen) atoms. The smallest absolute Gasteiger partial charge is 0.262 e. The number of nitriles is 1. The number of rotatable bonds is 2. The Labute approximate surface area is 89.7 Å². The van der Waals surface area contributed by atoms with E-state index in [9.17, 15) is 15.3 Å². The minimum atomic E-state index is -2.35. The second-order valence-electron chi connectivity index (χ2n) is 3.26. The van der Waals surface area contributed by atoms with Crippen molar-refractivity contribution >= 4 is 0 Å². The topological polar surface area (TPSA) is 163 Å². The summed E-state index contributed by atoms with van der Waals surface area (Å²) >= 11 is 0. The lowest BCUT2D eigenvalue weighted by Crippen LogP contribution is -2.63. The van der Waals surface area contributed by atoms with Gasteiger partial charge < -0.3 is 25.2 Å². The van der Waals surface area contributed by atoms with Gasteiger partial charge in [-0.25, -0.2) is 0 Å². The fourth-order valence-electron chi connectivity index (χ4n) is 1.42. The van der Waals surface area contributed by atoms with Crippen LogP contribution in [0, 0.1) is 11.3 Å². The molecular formula is C7H10N4O5. The molecule has 0 aromatic heterocycles. The second kappa shape index (κ2) is 4.63. The van der Waals surface area contributed by atoms with Crippen LogP contribution in [-0.2, 0) is 4.74 Å². The van der Waals surface area contributed by atoms with E-state index in [0.717, 1.165) is 0 Å². The van der Waals surface area contributed by atoms with Crippen LogP contribution in [0.1, 0.15) is 0 Å². The number of hydrogen-bond acceptors (Lipinski definition) is 7. The normalized spacial score (nSPS) is 43.2. The highest BCUT2D eigenvalue weighted by molar-refractivity contribution is 5.12. The first kappa shape index (κ1) is 12.7. The Morgan fingerprint density at radius 1 is 1.44 bits per heavy atom. The van der Waals surface area contributed by atoms with Gasteiger partial charge in [-0.05, 0) is 10.6 Å². The average Bonchev–Trinajstić information content (AvgIpc) is 2.30. The van der Waals surface area contributed by atoms with Crippen molar-refractivity contribution in [3.63, 3.8) is 0 Å². The molecule has 1 saturated heterocycles. The molecule has 0 saturated carbocycles. The number of nitrogens with zero attached hydrogens (tertiary/aromatic N) is 4. The molecule has 88 valence electrons. The van der Waals surface area contributed by atoms with Crippen LogP contribution in [0.25, 0.3) is 10.4 Å². The Kier molecular flexibility index (Phi) is 3.66. The zero-order valence-electron chi connectivity index (χ0n) is 8.00. The Morgan fingerprint density at radius 3 is 2.50 bits per heavy atom. The standard InChI is InChI=1S/C7H10N4O5/c8-2-7(10-11-9)6(15)5(14)4(13)3(1-12)16-7/h3-6,12-15H,1H2/t3-,4+,5+,6-,7-/m1/s1. The van der Waals surface area contributed by atoms with Crippen molar-refractivity contribution in [2.24, 2.45) is 5.11 Å². The van der Waals surface area contributed by atoms with Crippen LogP contribution in [0.2, 0.25) is 0 Å². The molecule has 1 aliphatic rings. The van der Waals surface area contributed by atoms with Crippen molar-refractivity contribution in [1.82, 2.24) is 0 Å². The molecular weight excluding hydrogens is 220 g/mol. The van der Waals surface area contributed by atoms with Crippen LogP contribution in [0.4, 0.5) is 0 Å². The average molecular weight is 230 g/mol. The van der Waals surface area contributed by atoms with E-state index in [4.69, 9.17) is 20.6 Å². The van der Waals surface area contributed by atoms with E-state index < -0.39 is 36.7 Å². The summed E-state index contributed by atoms with van der Waals surface area (Å²) in [6.45, 7) is -0.699. The van der Waals surface area contributed by atoms with Gasteiger partial charge in [0.1, 0.15) is 30.5 Å². The Balaban J connectivity index is 3.11. The molecule has 1 rings (SSSR count). The van der Waals surface area contributed by atoms with Gasteiger partial charge in [0.15, 0.2) is 0 Å². The lowest BCUT2D eigenvalue weighted by Gasteiger charge is -2.42. The lowest BCUT2D eigenvalue weighted by atomic mass is 9.92. The highest BCUT2D eigenvalue weighted by atomic mass is 16.6. The molecule has 5 atom stereocenters. The van der Waals surface area contributed by atoms with Gasteiger partial charge in [0.05, 0.1) is 6.61 Å². The van der Waals surface area contributed by atoms with Crippen LogP contribution in [0.15, 0.2) is 5.11 Å². The van der Waals surface area contributed by atoms with Gasteiger partial charge in [-0.3, -0.25) is 0 Å². The summed E-state index contributed by atoms with van der Waals surface area (Å²) in [5, 5.41) is 48.9. The molecule has 9 heteroatoms. The summed E-state index contributed by atoms with van der Waals surface area (Å²) in [6.07, 6.45) is -6.54. The Hall–Kier alpha value is -1.40. The molecule has 0 unspecified atom stereocenters. The summed E-state index contributed by atoms with van der Waals surface area (Å²) in [5.74, 6) is 0. The van der Waals surface area contributed by atoms with Gasteiger partial charge in [0.2, 0.25) is 0 Å². The molecule has 0 aromatic rings. The first-order valence-electron chi connectivity index (χ1n) is 4.32. The molecule has 0 aliphatic carbocycles. The van der Waals surface area contributed by atoms with E-state index in [-0.39, 0.29) is 0 Å². The van der Waals surface area contributed by atoms with Crippen molar-refractivity contribution in [3.05, 3.63) is 10.4 Å². The van der Waals surface area contributed by atoms with E-state index in [0.29, 0.717) is 0 Å². The maximum absolute atomic E-state index is 9.50. The van der Waals surface area contributed by atoms with Crippen LogP contribution >= 0.6 is 0 Å². The minimum absolute atomic E-state index is 0.699. The zero-order valence-corrected chi connectivity index (χ0v) is 8.00. The third kappa shape index (κ3) is 1.81. The number of hydrogen-bond donors (Lipinski definition) is 4. The number of azide groups is 1. The number of ether oxygens (including phenoxy) is 1. The van der Waals surface area contributed by atoms with Crippen molar-refractivity contribution in [2.45, 2.75) is 30.1 Å². The van der Waals surface area contributed by atoms with Crippen molar-refractivity contribution < 1.29 is 25.2 Å². The number of aliphatic hydroxyl groups is 4. The Morgan fingerprint density at radius 2 is 2.06 bits per heavy atom. The van der Waals surface area contributed by atoms with Crippen molar-refractivity contribution in [3.8, 4) is 6.07 Å². The Bertz CT molecular complexity index is 349. The molecule has 1 heterocycles. The third-order valence-electron chi connectivity index (χ3n) is 2.32. The molecule has 0 spiro atoms. The highest BCUT2D eigenvalue weighted by Gasteiger charge is 2.53. The van der Waals surface area contributed by atoms with Gasteiger partial charge in [-0.2, -0.15) is 5.26 Å². The fraction of sp³-hybridized carbons (Fsp3) is 0.857. The summed E-state index contributed by atoms with van der Waals surface area (Å²) in [6, 6.07) is 1.41.